The SMILES string of the molecule is Cc1cccc(O[C@H](C)C(=O)NC[C@@H]2COc3ccccc3O2)c1C. The average Bonchev–Trinajstić information content (AvgIpc) is 2.63. The number of amides is 1. The van der Waals surface area contributed by atoms with Gasteiger partial charge in [-0.25, -0.2) is 0 Å². The fraction of sp³-hybridized carbons (Fsp3) is 0.350. The molecule has 1 aliphatic rings. The predicted octanol–water partition coefficient (Wildman–Crippen LogP) is 3.03. The smallest absolute Gasteiger partial charge is 0.260 e. The van der Waals surface area contributed by atoms with Gasteiger partial charge in [-0.05, 0) is 50.1 Å². The van der Waals surface area contributed by atoms with Crippen LogP contribution in [0.2, 0.25) is 0 Å². The fourth-order valence-electron chi connectivity index (χ4n) is 2.62. The lowest BCUT2D eigenvalue weighted by molar-refractivity contribution is -0.127. The Labute approximate surface area is 147 Å². The second-order valence-corrected chi connectivity index (χ2v) is 6.20. The van der Waals surface area contributed by atoms with Gasteiger partial charge in [0.1, 0.15) is 18.5 Å². The van der Waals surface area contributed by atoms with Crippen LogP contribution in [0.3, 0.4) is 0 Å². The normalized spacial score (nSPS) is 16.8. The topological polar surface area (TPSA) is 56.8 Å². The van der Waals surface area contributed by atoms with Crippen LogP contribution in [0.4, 0.5) is 0 Å². The third-order valence-corrected chi connectivity index (χ3v) is 4.30. The molecule has 1 heterocycles. The van der Waals surface area contributed by atoms with Crippen molar-refractivity contribution >= 4 is 5.91 Å². The van der Waals surface area contributed by atoms with Crippen LogP contribution in [0.5, 0.6) is 17.2 Å². The van der Waals surface area contributed by atoms with Crippen molar-refractivity contribution in [2.45, 2.75) is 33.0 Å². The van der Waals surface area contributed by atoms with E-state index in [1.165, 1.54) is 0 Å². The molecule has 1 amide bonds. The van der Waals surface area contributed by atoms with E-state index in [2.05, 4.69) is 5.32 Å². The van der Waals surface area contributed by atoms with E-state index in [1.54, 1.807) is 6.92 Å². The van der Waals surface area contributed by atoms with Gasteiger partial charge in [0.25, 0.3) is 5.91 Å². The average molecular weight is 341 g/mol. The molecule has 0 bridgehead atoms. The summed E-state index contributed by atoms with van der Waals surface area (Å²) in [4.78, 5) is 12.3. The zero-order valence-corrected chi connectivity index (χ0v) is 14.7. The number of carbonyl (C=O) groups excluding carboxylic acids is 1. The number of benzene rings is 2. The fourth-order valence-corrected chi connectivity index (χ4v) is 2.62. The van der Waals surface area contributed by atoms with E-state index in [4.69, 9.17) is 14.2 Å². The summed E-state index contributed by atoms with van der Waals surface area (Å²) in [6.07, 6.45) is -0.802. The second kappa shape index (κ2) is 7.47. The lowest BCUT2D eigenvalue weighted by Gasteiger charge is -2.27. The van der Waals surface area contributed by atoms with Gasteiger partial charge in [0.15, 0.2) is 17.6 Å². The molecule has 0 aromatic heterocycles. The Balaban J connectivity index is 1.52. The van der Waals surface area contributed by atoms with E-state index in [9.17, 15) is 4.79 Å². The zero-order valence-electron chi connectivity index (χ0n) is 14.7. The zero-order chi connectivity index (χ0) is 17.8. The Hall–Kier alpha value is -2.69. The maximum atomic E-state index is 12.3. The Morgan fingerprint density at radius 3 is 2.76 bits per heavy atom. The van der Waals surface area contributed by atoms with Crippen molar-refractivity contribution in [2.75, 3.05) is 13.2 Å². The number of ether oxygens (including phenoxy) is 3. The first kappa shape index (κ1) is 17.1. The van der Waals surface area contributed by atoms with Gasteiger partial charge >= 0.3 is 0 Å². The molecule has 0 radical (unpaired) electrons. The highest BCUT2D eigenvalue weighted by Crippen LogP contribution is 2.30. The molecule has 132 valence electrons. The van der Waals surface area contributed by atoms with Gasteiger partial charge in [-0.15, -0.1) is 0 Å². The first-order chi connectivity index (χ1) is 12.0. The number of hydrogen-bond acceptors (Lipinski definition) is 4. The van der Waals surface area contributed by atoms with Crippen molar-refractivity contribution in [1.82, 2.24) is 5.32 Å². The number of para-hydroxylation sites is 2. The Bertz CT molecular complexity index is 759. The standard InChI is InChI=1S/C20H23NO4/c1-13-7-6-10-17(14(13)2)24-15(3)20(22)21-11-16-12-23-18-8-4-5-9-19(18)25-16/h4-10,15-16H,11-12H2,1-3H3,(H,21,22)/t15-,16-/m1/s1. The van der Waals surface area contributed by atoms with E-state index in [1.807, 2.05) is 56.3 Å². The summed E-state index contributed by atoms with van der Waals surface area (Å²) in [6, 6.07) is 13.3. The molecule has 3 rings (SSSR count). The molecule has 0 unspecified atom stereocenters. The first-order valence-corrected chi connectivity index (χ1v) is 8.43. The van der Waals surface area contributed by atoms with Gasteiger partial charge in [-0.1, -0.05) is 24.3 Å². The summed E-state index contributed by atoms with van der Waals surface area (Å²) < 4.78 is 17.3. The van der Waals surface area contributed by atoms with Crippen LogP contribution in [0.15, 0.2) is 42.5 Å². The summed E-state index contributed by atoms with van der Waals surface area (Å²) in [7, 11) is 0. The van der Waals surface area contributed by atoms with Crippen LogP contribution < -0.4 is 19.5 Å². The molecule has 1 aliphatic heterocycles. The highest BCUT2D eigenvalue weighted by molar-refractivity contribution is 5.80. The molecule has 0 fully saturated rings. The lowest BCUT2D eigenvalue weighted by atomic mass is 10.1. The van der Waals surface area contributed by atoms with Crippen LogP contribution in [-0.4, -0.2) is 31.3 Å². The highest BCUT2D eigenvalue weighted by atomic mass is 16.6. The maximum Gasteiger partial charge on any atom is 0.260 e. The maximum absolute atomic E-state index is 12.3. The molecule has 0 saturated carbocycles. The summed E-state index contributed by atoms with van der Waals surface area (Å²) in [5.74, 6) is 1.99. The minimum Gasteiger partial charge on any atom is -0.486 e. The first-order valence-electron chi connectivity index (χ1n) is 8.43. The molecule has 0 saturated heterocycles. The molecule has 2 aromatic rings. The van der Waals surface area contributed by atoms with Gasteiger partial charge in [0.05, 0.1) is 6.54 Å². The summed E-state index contributed by atoms with van der Waals surface area (Å²) in [5.41, 5.74) is 2.18. The number of carbonyl (C=O) groups is 1. The molecule has 25 heavy (non-hydrogen) atoms. The van der Waals surface area contributed by atoms with E-state index in [-0.39, 0.29) is 12.0 Å². The van der Waals surface area contributed by atoms with Crippen LogP contribution in [0.1, 0.15) is 18.1 Å². The van der Waals surface area contributed by atoms with E-state index in [0.717, 1.165) is 22.6 Å². The van der Waals surface area contributed by atoms with Crippen molar-refractivity contribution in [3.05, 3.63) is 53.6 Å². The number of hydrogen-bond donors (Lipinski definition) is 1. The van der Waals surface area contributed by atoms with Gasteiger partial charge in [0, 0.05) is 0 Å². The van der Waals surface area contributed by atoms with Gasteiger partial charge in [-0.2, -0.15) is 0 Å². The molecular formula is C20H23NO4. The molecule has 5 nitrogen and oxygen atoms in total. The van der Waals surface area contributed by atoms with Crippen LogP contribution in [-0.2, 0) is 4.79 Å². The van der Waals surface area contributed by atoms with Crippen molar-refractivity contribution < 1.29 is 19.0 Å². The van der Waals surface area contributed by atoms with E-state index >= 15 is 0 Å². The molecule has 1 N–H and O–H groups in total. The molecule has 5 heteroatoms. The molecule has 0 aliphatic carbocycles. The molecular weight excluding hydrogens is 318 g/mol. The Morgan fingerprint density at radius 1 is 1.20 bits per heavy atom. The number of nitrogens with one attached hydrogen (secondary N) is 1. The summed E-state index contributed by atoms with van der Waals surface area (Å²) in [5, 5.41) is 2.87. The minimum absolute atomic E-state index is 0.177. The van der Waals surface area contributed by atoms with Crippen molar-refractivity contribution in [1.29, 1.82) is 0 Å². The number of aryl methyl sites for hydroxylation is 1. The monoisotopic (exact) mass is 341 g/mol. The molecule has 2 aromatic carbocycles. The van der Waals surface area contributed by atoms with Crippen molar-refractivity contribution in [2.24, 2.45) is 0 Å². The highest BCUT2D eigenvalue weighted by Gasteiger charge is 2.23. The number of rotatable bonds is 5. The van der Waals surface area contributed by atoms with Crippen LogP contribution in [0, 0.1) is 13.8 Å². The van der Waals surface area contributed by atoms with Crippen molar-refractivity contribution in [3.63, 3.8) is 0 Å². The quantitative estimate of drug-likeness (QED) is 0.908. The largest absolute Gasteiger partial charge is 0.486 e. The molecule has 2 atom stereocenters. The Kier molecular flexibility index (Phi) is 5.12. The number of fused-ring (bicyclic) bond motifs is 1. The summed E-state index contributed by atoms with van der Waals surface area (Å²) in [6.45, 7) is 6.52. The van der Waals surface area contributed by atoms with Crippen LogP contribution in [0.25, 0.3) is 0 Å². The van der Waals surface area contributed by atoms with Gasteiger partial charge in [-0.3, -0.25) is 4.79 Å². The van der Waals surface area contributed by atoms with Gasteiger partial charge in [0.2, 0.25) is 0 Å². The van der Waals surface area contributed by atoms with E-state index < -0.39 is 6.10 Å². The van der Waals surface area contributed by atoms with Crippen LogP contribution >= 0.6 is 0 Å². The van der Waals surface area contributed by atoms with E-state index in [0.29, 0.717) is 18.9 Å². The van der Waals surface area contributed by atoms with Crippen molar-refractivity contribution in [3.8, 4) is 17.2 Å². The summed E-state index contributed by atoms with van der Waals surface area (Å²) >= 11 is 0. The lowest BCUT2D eigenvalue weighted by Crippen LogP contribution is -2.44. The third kappa shape index (κ3) is 4.05. The second-order valence-electron chi connectivity index (χ2n) is 6.20. The molecule has 0 spiro atoms. The predicted molar refractivity (Wildman–Crippen MR) is 95.4 cm³/mol. The third-order valence-electron chi connectivity index (χ3n) is 4.30. The van der Waals surface area contributed by atoms with Gasteiger partial charge < -0.3 is 19.5 Å². The Morgan fingerprint density at radius 2 is 1.96 bits per heavy atom. The minimum atomic E-state index is -0.586.